The Morgan fingerprint density at radius 1 is 0.892 bits per heavy atom. The first kappa shape index (κ1) is 55.2. The van der Waals surface area contributed by atoms with E-state index in [1.807, 2.05) is 0 Å². The minimum absolute atomic E-state index is 0. The number of ketones is 1. The number of hydrogen-bond donors (Lipinski definition) is 5. The van der Waals surface area contributed by atoms with Gasteiger partial charge in [-0.3, -0.25) is 19.2 Å². The number of carbonyl (C=O) groups excluding carboxylic acids is 4. The minimum atomic E-state index is -2.03. The maximum atomic E-state index is 14.6. The fourth-order valence-corrected chi connectivity index (χ4v) is 8.45. The summed E-state index contributed by atoms with van der Waals surface area (Å²) in [6.07, 6.45) is 9.12. The number of allylic oxidation sites excluding steroid dienone is 2. The number of unbranched alkanes of at least 4 members (excludes halogenated alkanes) is 4. The number of nitrogens with one attached hydrogen (secondary N) is 1. The first-order valence-corrected chi connectivity index (χ1v) is 22.5. The van der Waals surface area contributed by atoms with Crippen LogP contribution in [0.4, 0.5) is 5.69 Å². The van der Waals surface area contributed by atoms with E-state index >= 15 is 0 Å². The van der Waals surface area contributed by atoms with Gasteiger partial charge >= 0.3 is 41.3 Å². The topological polar surface area (TPSA) is 211 Å². The third-order valence-corrected chi connectivity index (χ3v) is 12.6. The molecule has 2 amide bonds. The fraction of sp³-hybridized carbons (Fsp3) is 0.592. The Balaban J connectivity index is 0.0000112. The number of amides is 2. The molecule has 65 heavy (non-hydrogen) atoms. The van der Waals surface area contributed by atoms with Crippen LogP contribution in [0.2, 0.25) is 0 Å². The summed E-state index contributed by atoms with van der Waals surface area (Å²) in [4.78, 5) is 56.3. The molecule has 0 spiro atoms. The Labute approximate surface area is 405 Å². The molecule has 9 atom stereocenters. The zero-order valence-corrected chi connectivity index (χ0v) is 42.4. The number of benzene rings is 2. The van der Waals surface area contributed by atoms with Crippen molar-refractivity contribution in [2.75, 3.05) is 32.1 Å². The second-order valence-corrected chi connectivity index (χ2v) is 17.5. The van der Waals surface area contributed by atoms with Crippen LogP contribution in [0.5, 0.6) is 23.0 Å². The molecule has 3 aliphatic rings. The van der Waals surface area contributed by atoms with Gasteiger partial charge < -0.3 is 54.3 Å². The third kappa shape index (κ3) is 12.9. The predicted octanol–water partition coefficient (Wildman–Crippen LogP) is 4.64. The van der Waals surface area contributed by atoms with Crippen LogP contribution in [-0.2, 0) is 28.6 Å². The average Bonchev–Trinajstić information content (AvgIpc) is 3.52. The van der Waals surface area contributed by atoms with Crippen molar-refractivity contribution in [1.29, 1.82) is 0 Å². The van der Waals surface area contributed by atoms with Crippen LogP contribution < -0.4 is 44.3 Å². The normalized spacial score (nSPS) is 28.0. The fourth-order valence-electron chi connectivity index (χ4n) is 8.45. The Hall–Kier alpha value is -4.12. The van der Waals surface area contributed by atoms with Gasteiger partial charge in [-0.25, -0.2) is 0 Å². The number of esters is 1. The van der Waals surface area contributed by atoms with Gasteiger partial charge in [0.05, 0.1) is 41.2 Å². The maximum absolute atomic E-state index is 14.6. The number of hydrogen-bond acceptors (Lipinski definition) is 13. The number of phenols is 2. The Morgan fingerprint density at radius 2 is 1.52 bits per heavy atom. The molecule has 0 saturated carbocycles. The van der Waals surface area contributed by atoms with Crippen molar-refractivity contribution >= 4 is 40.0 Å². The largest absolute Gasteiger partial charge is 1.00 e. The van der Waals surface area contributed by atoms with Crippen LogP contribution in [0.15, 0.2) is 42.2 Å². The standard InChI is InChI=1S/C49H70N2O13.Na/c1-12-14-16-22-51(23-17-15-13-2)37(53)26-61-36-25-34-44(57)39-38(36)40-46(32(8)43(39)56)64-49(10,47(40)58)62-24-21-35(60-11)29(5)45(63-33(9)52)31(7)42(55)30(6)41(54)27(3)19-18-20-28(4)48(59)50-34;/h18-21,24-25,27,29-31,35,41-42,45,54-57H,12-17,22-23,26H2,1-11H3,(H,50,59);/q;+1/b19-18+,24-21+,28-20+;. The van der Waals surface area contributed by atoms with Gasteiger partial charge in [-0.05, 0) is 32.8 Å². The van der Waals surface area contributed by atoms with Crippen molar-refractivity contribution in [1.82, 2.24) is 4.90 Å². The van der Waals surface area contributed by atoms with E-state index in [1.54, 1.807) is 51.7 Å². The number of fused-ring (bicyclic) bond motifs is 14. The number of aliphatic hydroxyl groups is 2. The van der Waals surface area contributed by atoms with E-state index in [4.69, 9.17) is 23.7 Å². The molecule has 9 unspecified atom stereocenters. The number of carbonyl (C=O) groups is 4. The summed E-state index contributed by atoms with van der Waals surface area (Å²) in [7, 11) is 1.45. The summed E-state index contributed by atoms with van der Waals surface area (Å²) < 4.78 is 30.1. The van der Waals surface area contributed by atoms with Crippen molar-refractivity contribution in [3.63, 3.8) is 0 Å². The molecule has 5 N–H and O–H groups in total. The van der Waals surface area contributed by atoms with Crippen LogP contribution >= 0.6 is 0 Å². The SMILES string of the molecule is CCCCCN(CCCCC)C(=O)COc1cc2c(O)c3c(O)c(C)c4c(c13)C(=O)C(C)(O/C=C/C(OC)C(C)C(OC(C)=O)C(C)C(O)C(C)C(O)C(C)/C=C/C=C(\C)C(=O)N2)O4.[Na+]. The van der Waals surface area contributed by atoms with Gasteiger partial charge in [-0.1, -0.05) is 85.5 Å². The molecule has 0 saturated heterocycles. The molecular formula is C49H70N2NaO13+. The summed E-state index contributed by atoms with van der Waals surface area (Å²) in [6, 6.07) is 1.30. The zero-order chi connectivity index (χ0) is 47.6. The zero-order valence-electron chi connectivity index (χ0n) is 40.4. The summed E-state index contributed by atoms with van der Waals surface area (Å²) in [5.41, 5.74) is 0.0358. The van der Waals surface area contributed by atoms with Gasteiger partial charge in [0.2, 0.25) is 0 Å². The van der Waals surface area contributed by atoms with E-state index in [-0.39, 0.29) is 80.1 Å². The molecule has 15 nitrogen and oxygen atoms in total. The number of nitrogens with zero attached hydrogens (tertiary/aromatic N) is 1. The van der Waals surface area contributed by atoms with Crippen molar-refractivity contribution in [3.8, 4) is 23.0 Å². The van der Waals surface area contributed by atoms with Crippen LogP contribution in [0.25, 0.3) is 10.8 Å². The first-order chi connectivity index (χ1) is 30.2. The molecule has 0 fully saturated rings. The summed E-state index contributed by atoms with van der Waals surface area (Å²) >= 11 is 0. The average molecular weight is 918 g/mol. The third-order valence-electron chi connectivity index (χ3n) is 12.6. The summed E-state index contributed by atoms with van der Waals surface area (Å²) in [6.45, 7) is 17.4. The molecule has 3 heterocycles. The van der Waals surface area contributed by atoms with E-state index in [0.29, 0.717) is 13.1 Å². The molecule has 0 aliphatic carbocycles. The molecule has 0 aromatic heterocycles. The Kier molecular flexibility index (Phi) is 20.9. The number of rotatable bonds is 13. The Bertz CT molecular complexity index is 2090. The van der Waals surface area contributed by atoms with E-state index in [2.05, 4.69) is 19.2 Å². The maximum Gasteiger partial charge on any atom is 1.00 e. The van der Waals surface area contributed by atoms with Crippen molar-refractivity contribution in [3.05, 3.63) is 53.3 Å². The van der Waals surface area contributed by atoms with Gasteiger partial charge in [-0.2, -0.15) is 0 Å². The number of Topliss-reactive ketones (excluding diaryl/α,β-unsaturated/α-hetero) is 1. The smallest absolute Gasteiger partial charge is 0.507 e. The van der Waals surface area contributed by atoms with Crippen LogP contribution in [-0.4, -0.2) is 106 Å². The van der Waals surface area contributed by atoms with E-state index < -0.39 is 89.6 Å². The van der Waals surface area contributed by atoms with Gasteiger partial charge in [0.25, 0.3) is 17.6 Å². The van der Waals surface area contributed by atoms with Crippen LogP contribution in [0, 0.1) is 30.6 Å². The molecule has 5 rings (SSSR count). The second-order valence-electron chi connectivity index (χ2n) is 17.5. The molecular weight excluding hydrogens is 848 g/mol. The van der Waals surface area contributed by atoms with Gasteiger partial charge in [-0.15, -0.1) is 0 Å². The quantitative estimate of drug-likeness (QED) is 0.0804. The summed E-state index contributed by atoms with van der Waals surface area (Å²) in [5.74, 6) is -7.88. The number of anilines is 1. The van der Waals surface area contributed by atoms with Crippen molar-refractivity contribution in [2.45, 2.75) is 138 Å². The molecule has 0 radical (unpaired) electrons. The Morgan fingerprint density at radius 3 is 2.11 bits per heavy atom. The number of methoxy groups -OCH3 is 1. The second kappa shape index (κ2) is 24.6. The van der Waals surface area contributed by atoms with Crippen LogP contribution in [0.1, 0.15) is 117 Å². The number of ether oxygens (including phenoxy) is 5. The van der Waals surface area contributed by atoms with E-state index in [0.717, 1.165) is 38.5 Å². The molecule has 3 aliphatic heterocycles. The molecule has 354 valence electrons. The number of aromatic hydroxyl groups is 2. The molecule has 2 aromatic rings. The van der Waals surface area contributed by atoms with Gasteiger partial charge in [0.1, 0.15) is 23.4 Å². The monoisotopic (exact) mass is 917 g/mol. The van der Waals surface area contributed by atoms with Gasteiger partial charge in [0, 0.05) is 80.3 Å². The van der Waals surface area contributed by atoms with Crippen molar-refractivity contribution in [2.24, 2.45) is 23.7 Å². The molecule has 2 aromatic carbocycles. The predicted molar refractivity (Wildman–Crippen MR) is 243 cm³/mol. The minimum Gasteiger partial charge on any atom is -0.507 e. The molecule has 5 bridgehead atoms. The number of aliphatic hydroxyl groups excluding tert-OH is 2. The van der Waals surface area contributed by atoms with E-state index in [9.17, 15) is 39.6 Å². The van der Waals surface area contributed by atoms with E-state index in [1.165, 1.54) is 52.4 Å². The van der Waals surface area contributed by atoms with Crippen LogP contribution in [0.3, 0.4) is 0 Å². The van der Waals surface area contributed by atoms with Gasteiger partial charge in [0.15, 0.2) is 12.4 Å². The first-order valence-electron chi connectivity index (χ1n) is 22.5. The molecule has 16 heteroatoms. The summed E-state index contributed by atoms with van der Waals surface area (Å²) in [5, 5.41) is 48.9. The van der Waals surface area contributed by atoms with Crippen molar-refractivity contribution < 1.29 is 92.8 Å². The number of phenolic OH excluding ortho intramolecular Hbond substituents is 2.